The first-order valence-corrected chi connectivity index (χ1v) is 14.4. The molecule has 1 saturated carbocycles. The van der Waals surface area contributed by atoms with Gasteiger partial charge in [-0.05, 0) is 53.6 Å². The van der Waals surface area contributed by atoms with Gasteiger partial charge in [0.1, 0.15) is 11.6 Å². The van der Waals surface area contributed by atoms with E-state index in [-0.39, 0.29) is 23.4 Å². The number of halogens is 1. The third-order valence-corrected chi connectivity index (χ3v) is 7.49. The van der Waals surface area contributed by atoms with Crippen molar-refractivity contribution in [3.05, 3.63) is 100 Å². The summed E-state index contributed by atoms with van der Waals surface area (Å²) in [6, 6.07) is 22.7. The second-order valence-electron chi connectivity index (χ2n) is 10.0. The molecular formula is C29H28FN3O4S. The van der Waals surface area contributed by atoms with Crippen LogP contribution in [0.15, 0.2) is 66.7 Å². The molecule has 9 heteroatoms. The minimum Gasteiger partial charge on any atom is -0.493 e. The Labute approximate surface area is 221 Å². The number of likely N-dealkylation sites (tertiary alicyclic amines) is 1. The molecule has 0 radical (unpaired) electrons. The monoisotopic (exact) mass is 533 g/mol. The highest BCUT2D eigenvalue weighted by Crippen LogP contribution is 2.45. The number of hydrogen-bond donors (Lipinski definition) is 1. The summed E-state index contributed by atoms with van der Waals surface area (Å²) in [6.07, 6.45) is 2.68. The maximum absolute atomic E-state index is 14.8. The lowest BCUT2D eigenvalue weighted by Gasteiger charge is -2.44. The summed E-state index contributed by atoms with van der Waals surface area (Å²) in [5, 5.41) is 9.16. The Balaban J connectivity index is 1.28. The number of carbonyl (C=O) groups excluding carboxylic acids is 1. The molecular weight excluding hydrogens is 505 g/mol. The van der Waals surface area contributed by atoms with Gasteiger partial charge in [0.05, 0.1) is 36.1 Å². The average molecular weight is 534 g/mol. The fourth-order valence-corrected chi connectivity index (χ4v) is 5.38. The van der Waals surface area contributed by atoms with Crippen molar-refractivity contribution < 1.29 is 22.3 Å². The highest BCUT2D eigenvalue weighted by atomic mass is 32.2. The Hall–Kier alpha value is -3.74. The Bertz CT molecular complexity index is 1480. The fourth-order valence-electron chi connectivity index (χ4n) is 4.93. The van der Waals surface area contributed by atoms with Gasteiger partial charge in [-0.3, -0.25) is 9.69 Å². The average Bonchev–Trinajstić information content (AvgIpc) is 3.70. The Morgan fingerprint density at radius 3 is 2.37 bits per heavy atom. The van der Waals surface area contributed by atoms with Gasteiger partial charge in [0.25, 0.3) is 5.91 Å². The molecule has 38 heavy (non-hydrogen) atoms. The number of benzene rings is 3. The van der Waals surface area contributed by atoms with Crippen LogP contribution in [0.25, 0.3) is 0 Å². The van der Waals surface area contributed by atoms with Crippen LogP contribution in [0.5, 0.6) is 5.75 Å². The summed E-state index contributed by atoms with van der Waals surface area (Å²) in [7, 11) is -3.81. The van der Waals surface area contributed by atoms with E-state index in [4.69, 9.17) is 10.00 Å². The summed E-state index contributed by atoms with van der Waals surface area (Å²) < 4.78 is 45.6. The molecule has 1 N–H and O–H groups in total. The van der Waals surface area contributed by atoms with Crippen LogP contribution in [-0.4, -0.2) is 45.2 Å². The normalized spacial score (nSPS) is 16.8. The molecule has 196 valence electrons. The summed E-state index contributed by atoms with van der Waals surface area (Å²) >= 11 is 0. The number of nitriles is 1. The first kappa shape index (κ1) is 25.9. The van der Waals surface area contributed by atoms with Crippen LogP contribution in [0, 0.1) is 23.1 Å². The molecule has 2 fully saturated rings. The maximum atomic E-state index is 14.8. The van der Waals surface area contributed by atoms with Gasteiger partial charge in [-0.25, -0.2) is 17.5 Å². The predicted molar refractivity (Wildman–Crippen MR) is 141 cm³/mol. The predicted octanol–water partition coefficient (Wildman–Crippen LogP) is 4.36. The smallest absolute Gasteiger partial charge is 0.267 e. The van der Waals surface area contributed by atoms with Crippen molar-refractivity contribution in [1.82, 2.24) is 9.62 Å². The zero-order valence-electron chi connectivity index (χ0n) is 20.9. The molecule has 0 spiro atoms. The third kappa shape index (κ3) is 5.87. The molecule has 3 aromatic rings. The van der Waals surface area contributed by atoms with Crippen molar-refractivity contribution in [3.63, 3.8) is 0 Å². The van der Waals surface area contributed by atoms with Gasteiger partial charge in [-0.2, -0.15) is 5.26 Å². The molecule has 1 saturated heterocycles. The van der Waals surface area contributed by atoms with E-state index in [9.17, 15) is 17.6 Å². The van der Waals surface area contributed by atoms with Crippen molar-refractivity contribution in [2.24, 2.45) is 5.92 Å². The second-order valence-corrected chi connectivity index (χ2v) is 11.8. The molecule has 1 atom stereocenters. The van der Waals surface area contributed by atoms with Crippen molar-refractivity contribution >= 4 is 15.9 Å². The molecule has 3 aromatic carbocycles. The second kappa shape index (κ2) is 10.6. The standard InChI is InChI=1S/C29H28FN3O4S/c1-38(35,36)32-29(34)25-13-24(21-11-12-21)27(14-26(25)30)37-18-20-16-33(17-20)28(22-5-3-2-4-6-22)23-9-7-19(15-31)8-10-23/h2-10,13-14,20-21,28H,11-12,16-18H2,1H3,(H,32,34). The Morgan fingerprint density at radius 1 is 1.11 bits per heavy atom. The van der Waals surface area contributed by atoms with E-state index in [1.807, 2.05) is 47.2 Å². The summed E-state index contributed by atoms with van der Waals surface area (Å²) in [6.45, 7) is 1.98. The Kier molecular flexibility index (Phi) is 7.19. The number of sulfonamides is 1. The molecule has 0 aromatic heterocycles. The van der Waals surface area contributed by atoms with E-state index in [0.29, 0.717) is 17.9 Å². The van der Waals surface area contributed by atoms with E-state index in [1.54, 1.807) is 0 Å². The molecule has 5 rings (SSSR count). The van der Waals surface area contributed by atoms with Gasteiger partial charge in [-0.15, -0.1) is 0 Å². The maximum Gasteiger partial charge on any atom is 0.267 e. The SMILES string of the molecule is CS(=O)(=O)NC(=O)c1cc(C2CC2)c(OCC2CN(C(c3ccccc3)c3ccc(C#N)cc3)C2)cc1F. The van der Waals surface area contributed by atoms with Crippen LogP contribution in [0.3, 0.4) is 0 Å². The molecule has 7 nitrogen and oxygen atoms in total. The minimum absolute atomic E-state index is 0.0484. The molecule has 1 unspecified atom stereocenters. The van der Waals surface area contributed by atoms with E-state index < -0.39 is 21.7 Å². The Morgan fingerprint density at radius 2 is 1.76 bits per heavy atom. The number of nitrogens with zero attached hydrogens (tertiary/aromatic N) is 2. The van der Waals surface area contributed by atoms with E-state index in [0.717, 1.165) is 48.9 Å². The third-order valence-electron chi connectivity index (χ3n) is 6.94. The van der Waals surface area contributed by atoms with E-state index in [2.05, 4.69) is 23.1 Å². The van der Waals surface area contributed by atoms with E-state index in [1.165, 1.54) is 12.1 Å². The zero-order chi connectivity index (χ0) is 26.9. The van der Waals surface area contributed by atoms with Crippen LogP contribution >= 0.6 is 0 Å². The first-order valence-electron chi connectivity index (χ1n) is 12.5. The van der Waals surface area contributed by atoms with Crippen molar-refractivity contribution in [3.8, 4) is 11.8 Å². The van der Waals surface area contributed by atoms with Gasteiger partial charge < -0.3 is 4.74 Å². The van der Waals surface area contributed by atoms with Gasteiger partial charge in [0, 0.05) is 25.1 Å². The van der Waals surface area contributed by atoms with Crippen molar-refractivity contribution in [2.75, 3.05) is 26.0 Å². The highest BCUT2D eigenvalue weighted by Gasteiger charge is 2.35. The van der Waals surface area contributed by atoms with Crippen LogP contribution in [0.2, 0.25) is 0 Å². The molecule has 1 aliphatic heterocycles. The summed E-state index contributed by atoms with van der Waals surface area (Å²) in [5.74, 6) is -0.977. The first-order chi connectivity index (χ1) is 18.2. The lowest BCUT2D eigenvalue weighted by atomic mass is 9.90. The van der Waals surface area contributed by atoms with Crippen LogP contribution < -0.4 is 9.46 Å². The summed E-state index contributed by atoms with van der Waals surface area (Å²) in [5.41, 5.74) is 3.33. The number of nitrogens with one attached hydrogen (secondary N) is 1. The number of rotatable bonds is 9. The number of carbonyl (C=O) groups is 1. The molecule has 2 aliphatic rings. The van der Waals surface area contributed by atoms with Crippen LogP contribution in [0.1, 0.15) is 57.4 Å². The lowest BCUT2D eigenvalue weighted by molar-refractivity contribution is 0.0375. The van der Waals surface area contributed by atoms with Crippen molar-refractivity contribution in [2.45, 2.75) is 24.8 Å². The largest absolute Gasteiger partial charge is 0.493 e. The van der Waals surface area contributed by atoms with E-state index >= 15 is 0 Å². The molecule has 1 aliphatic carbocycles. The number of ether oxygens (including phenoxy) is 1. The fraction of sp³-hybridized carbons (Fsp3) is 0.310. The molecule has 0 bridgehead atoms. The van der Waals surface area contributed by atoms with Gasteiger partial charge >= 0.3 is 0 Å². The number of hydrogen-bond acceptors (Lipinski definition) is 6. The minimum atomic E-state index is -3.81. The summed E-state index contributed by atoms with van der Waals surface area (Å²) in [4.78, 5) is 14.6. The van der Waals surface area contributed by atoms with Gasteiger partial charge in [0.15, 0.2) is 0 Å². The number of amides is 1. The molecule has 1 amide bonds. The topological polar surface area (TPSA) is 99.5 Å². The van der Waals surface area contributed by atoms with Gasteiger partial charge in [-0.1, -0.05) is 42.5 Å². The zero-order valence-corrected chi connectivity index (χ0v) is 21.7. The highest BCUT2D eigenvalue weighted by molar-refractivity contribution is 7.89. The van der Waals surface area contributed by atoms with Crippen LogP contribution in [0.4, 0.5) is 4.39 Å². The quantitative estimate of drug-likeness (QED) is 0.439. The lowest BCUT2D eigenvalue weighted by Crippen LogP contribution is -2.51. The van der Waals surface area contributed by atoms with Crippen molar-refractivity contribution in [1.29, 1.82) is 5.26 Å². The molecule has 1 heterocycles. The van der Waals surface area contributed by atoms with Crippen LogP contribution in [-0.2, 0) is 10.0 Å². The van der Waals surface area contributed by atoms with Gasteiger partial charge in [0.2, 0.25) is 10.0 Å².